The highest BCUT2D eigenvalue weighted by Gasteiger charge is 2.03. The molecule has 0 unspecified atom stereocenters. The van der Waals surface area contributed by atoms with Crippen molar-refractivity contribution in [2.24, 2.45) is 5.84 Å². The third kappa shape index (κ3) is 3.26. The van der Waals surface area contributed by atoms with Gasteiger partial charge in [0.15, 0.2) is 4.34 Å². The predicted molar refractivity (Wildman–Crippen MR) is 67.6 cm³/mol. The van der Waals surface area contributed by atoms with Crippen LogP contribution in [-0.2, 0) is 5.75 Å². The average Bonchev–Trinajstić information content (AvgIpc) is 2.89. The molecule has 7 heteroatoms. The first kappa shape index (κ1) is 12.0. The fourth-order valence-electron chi connectivity index (χ4n) is 1.21. The monoisotopic (exact) mass is 266 g/mol. The summed E-state index contributed by atoms with van der Waals surface area (Å²) in [5, 5.41) is 0. The number of thioether (sulfide) groups is 1. The lowest BCUT2D eigenvalue weighted by Gasteiger charge is -2.01. The van der Waals surface area contributed by atoms with Crippen molar-refractivity contribution in [3.63, 3.8) is 0 Å². The Kier molecular flexibility index (Phi) is 4.08. The van der Waals surface area contributed by atoms with Crippen molar-refractivity contribution >= 4 is 29.2 Å². The van der Waals surface area contributed by atoms with Gasteiger partial charge in [-0.1, -0.05) is 23.9 Å². The van der Waals surface area contributed by atoms with Crippen LogP contribution in [0.2, 0.25) is 0 Å². The highest BCUT2D eigenvalue weighted by molar-refractivity contribution is 8.00. The molecule has 88 valence electrons. The lowest BCUT2D eigenvalue weighted by molar-refractivity contribution is 0.0953. The number of benzene rings is 1. The van der Waals surface area contributed by atoms with Crippen molar-refractivity contribution in [2.45, 2.75) is 10.1 Å². The summed E-state index contributed by atoms with van der Waals surface area (Å²) < 4.78 is 4.86. The van der Waals surface area contributed by atoms with E-state index in [1.165, 1.54) is 11.5 Å². The summed E-state index contributed by atoms with van der Waals surface area (Å²) in [7, 11) is 0. The van der Waals surface area contributed by atoms with E-state index in [0.717, 1.165) is 15.7 Å². The van der Waals surface area contributed by atoms with Crippen molar-refractivity contribution in [2.75, 3.05) is 0 Å². The Bertz CT molecular complexity index is 484. The number of hydrazine groups is 1. The maximum atomic E-state index is 11.2. The zero-order valence-corrected chi connectivity index (χ0v) is 10.4. The second-order valence-electron chi connectivity index (χ2n) is 3.17. The molecule has 3 N–H and O–H groups in total. The van der Waals surface area contributed by atoms with Gasteiger partial charge in [0.1, 0.15) is 6.33 Å². The molecule has 2 rings (SSSR count). The minimum atomic E-state index is -0.284. The first-order chi connectivity index (χ1) is 8.29. The van der Waals surface area contributed by atoms with Crippen molar-refractivity contribution in [1.29, 1.82) is 0 Å². The summed E-state index contributed by atoms with van der Waals surface area (Å²) in [6, 6.07) is 7.30. The van der Waals surface area contributed by atoms with Gasteiger partial charge in [0.2, 0.25) is 0 Å². The topological polar surface area (TPSA) is 80.9 Å². The Labute approximate surface area is 107 Å². The third-order valence-corrected chi connectivity index (χ3v) is 3.92. The van der Waals surface area contributed by atoms with Gasteiger partial charge in [-0.3, -0.25) is 10.2 Å². The van der Waals surface area contributed by atoms with E-state index in [-0.39, 0.29) is 5.91 Å². The molecule has 2 aromatic rings. The van der Waals surface area contributed by atoms with Crippen LogP contribution >= 0.6 is 23.3 Å². The van der Waals surface area contributed by atoms with E-state index in [9.17, 15) is 4.79 Å². The van der Waals surface area contributed by atoms with Gasteiger partial charge in [-0.15, -0.1) is 0 Å². The summed E-state index contributed by atoms with van der Waals surface area (Å²) in [5.41, 5.74) is 3.77. The molecular formula is C10H10N4OS2. The number of carbonyl (C=O) groups excluding carboxylic acids is 1. The summed E-state index contributed by atoms with van der Waals surface area (Å²) in [4.78, 5) is 15.3. The maximum Gasteiger partial charge on any atom is 0.265 e. The first-order valence-corrected chi connectivity index (χ1v) is 6.55. The number of nitrogens with one attached hydrogen (secondary N) is 1. The van der Waals surface area contributed by atoms with Gasteiger partial charge >= 0.3 is 0 Å². The summed E-state index contributed by atoms with van der Waals surface area (Å²) in [6.45, 7) is 0. The normalized spacial score (nSPS) is 10.2. The van der Waals surface area contributed by atoms with E-state index >= 15 is 0 Å². The zero-order chi connectivity index (χ0) is 12.1. The van der Waals surface area contributed by atoms with Gasteiger partial charge in [-0.05, 0) is 29.2 Å². The van der Waals surface area contributed by atoms with Crippen LogP contribution in [0.4, 0.5) is 0 Å². The fraction of sp³-hybridized carbons (Fsp3) is 0.100. The summed E-state index contributed by atoms with van der Waals surface area (Å²) in [6.07, 6.45) is 1.54. The van der Waals surface area contributed by atoms with Crippen LogP contribution in [-0.4, -0.2) is 15.3 Å². The number of hydrogen-bond acceptors (Lipinski definition) is 6. The second-order valence-corrected chi connectivity index (χ2v) is 5.17. The van der Waals surface area contributed by atoms with Crippen LogP contribution in [0.3, 0.4) is 0 Å². The van der Waals surface area contributed by atoms with E-state index in [0.29, 0.717) is 5.56 Å². The number of hydrogen-bond donors (Lipinski definition) is 2. The number of rotatable bonds is 4. The molecule has 0 bridgehead atoms. The van der Waals surface area contributed by atoms with Crippen molar-refractivity contribution in [3.05, 3.63) is 41.7 Å². The SMILES string of the molecule is NNC(=O)c1ccc(CSc2ncns2)cc1. The summed E-state index contributed by atoms with van der Waals surface area (Å²) >= 11 is 2.99. The molecule has 0 saturated heterocycles. The molecule has 1 amide bonds. The predicted octanol–water partition coefficient (Wildman–Crippen LogP) is 1.43. The third-order valence-electron chi connectivity index (χ3n) is 2.05. The molecule has 0 saturated carbocycles. The minimum Gasteiger partial charge on any atom is -0.290 e. The van der Waals surface area contributed by atoms with Crippen LogP contribution in [0.1, 0.15) is 15.9 Å². The van der Waals surface area contributed by atoms with Crippen LogP contribution in [0.15, 0.2) is 34.9 Å². The number of nitrogen functional groups attached to an aromatic ring is 1. The number of nitrogens with two attached hydrogens (primary N) is 1. The second kappa shape index (κ2) is 5.76. The van der Waals surface area contributed by atoms with Gasteiger partial charge < -0.3 is 0 Å². The minimum absolute atomic E-state index is 0.284. The highest BCUT2D eigenvalue weighted by atomic mass is 32.2. The van der Waals surface area contributed by atoms with Crippen LogP contribution in [0, 0.1) is 0 Å². The lowest BCUT2D eigenvalue weighted by Crippen LogP contribution is -2.29. The molecule has 0 radical (unpaired) electrons. The molecule has 1 aromatic carbocycles. The smallest absolute Gasteiger partial charge is 0.265 e. The molecule has 0 aliphatic carbocycles. The van der Waals surface area contributed by atoms with Crippen molar-refractivity contribution in [3.8, 4) is 0 Å². The molecule has 1 heterocycles. The summed E-state index contributed by atoms with van der Waals surface area (Å²) in [5.74, 6) is 5.57. The Morgan fingerprint density at radius 1 is 1.41 bits per heavy atom. The highest BCUT2D eigenvalue weighted by Crippen LogP contribution is 2.23. The van der Waals surface area contributed by atoms with Crippen LogP contribution < -0.4 is 11.3 Å². The quantitative estimate of drug-likeness (QED) is 0.379. The number of nitrogens with zero attached hydrogens (tertiary/aromatic N) is 2. The van der Waals surface area contributed by atoms with Gasteiger partial charge in [-0.2, -0.15) is 4.37 Å². The zero-order valence-electron chi connectivity index (χ0n) is 8.79. The number of carbonyl (C=O) groups is 1. The Balaban J connectivity index is 1.96. The molecule has 0 spiro atoms. The van der Waals surface area contributed by atoms with Gasteiger partial charge in [0.25, 0.3) is 5.91 Å². The number of amides is 1. The average molecular weight is 266 g/mol. The Morgan fingerprint density at radius 2 is 2.18 bits per heavy atom. The first-order valence-electron chi connectivity index (χ1n) is 4.79. The van der Waals surface area contributed by atoms with Gasteiger partial charge in [0, 0.05) is 11.3 Å². The molecule has 5 nitrogen and oxygen atoms in total. The van der Waals surface area contributed by atoms with E-state index in [2.05, 4.69) is 14.8 Å². The molecule has 0 fully saturated rings. The van der Waals surface area contributed by atoms with Crippen molar-refractivity contribution < 1.29 is 4.79 Å². The molecule has 0 aliphatic heterocycles. The Hall–Kier alpha value is -1.44. The van der Waals surface area contributed by atoms with Crippen molar-refractivity contribution in [1.82, 2.24) is 14.8 Å². The Morgan fingerprint density at radius 3 is 2.76 bits per heavy atom. The van der Waals surface area contributed by atoms with Gasteiger partial charge in [0.05, 0.1) is 0 Å². The molecule has 17 heavy (non-hydrogen) atoms. The largest absolute Gasteiger partial charge is 0.290 e. The lowest BCUT2D eigenvalue weighted by atomic mass is 10.1. The van der Waals surface area contributed by atoms with Crippen LogP contribution in [0.5, 0.6) is 0 Å². The van der Waals surface area contributed by atoms with Gasteiger partial charge in [-0.25, -0.2) is 10.8 Å². The maximum absolute atomic E-state index is 11.2. The molecule has 0 atom stereocenters. The molecule has 1 aromatic heterocycles. The standard InChI is InChI=1S/C10H10N4OS2/c11-14-9(15)8-3-1-7(2-4-8)5-16-10-12-6-13-17-10/h1-4,6H,5,11H2,(H,14,15). The fourth-order valence-corrected chi connectivity index (χ4v) is 2.61. The van der Waals surface area contributed by atoms with E-state index in [1.807, 2.05) is 12.1 Å². The number of aromatic nitrogens is 2. The molecule has 0 aliphatic rings. The van der Waals surface area contributed by atoms with Crippen LogP contribution in [0.25, 0.3) is 0 Å². The van der Waals surface area contributed by atoms with E-state index < -0.39 is 0 Å². The van der Waals surface area contributed by atoms with E-state index in [4.69, 9.17) is 5.84 Å². The molecular weight excluding hydrogens is 256 g/mol. The van der Waals surface area contributed by atoms with E-state index in [1.54, 1.807) is 30.2 Å².